The molecule has 31 heavy (non-hydrogen) atoms. The Morgan fingerprint density at radius 1 is 0.871 bits per heavy atom. The quantitative estimate of drug-likeness (QED) is 0.259. The van der Waals surface area contributed by atoms with Gasteiger partial charge in [-0.25, -0.2) is 0 Å². The molecule has 12 heteroatoms. The smallest absolute Gasteiger partial charge is 0.186 e. The molecule has 3 rings (SSSR count). The highest BCUT2D eigenvalue weighted by Gasteiger charge is 2.43. The van der Waals surface area contributed by atoms with Gasteiger partial charge < -0.3 is 53.6 Å². The predicted octanol–water partition coefficient (Wildman–Crippen LogP) is -1.25. The van der Waals surface area contributed by atoms with E-state index in [1.54, 1.807) is 0 Å². The van der Waals surface area contributed by atoms with Crippen LogP contribution in [0.2, 0.25) is 0 Å². The van der Waals surface area contributed by atoms with Gasteiger partial charge in [-0.05, 0) is 0 Å². The minimum Gasteiger partial charge on any atom is -0.485 e. The molecular weight excluding hydrogens is 436 g/mol. The Kier molecular flexibility index (Phi) is 10.2. The minimum absolute atomic E-state index is 0.0983. The Bertz CT molecular complexity index is 628. The summed E-state index contributed by atoms with van der Waals surface area (Å²) in [6.07, 6.45) is -6.57. The monoisotopic (exact) mass is 466 g/mol. The zero-order valence-electron chi connectivity index (χ0n) is 17.0. The number of fused-ring (bicyclic) bond motifs is 1. The highest BCUT2D eigenvalue weighted by atomic mass is 32.1. The molecule has 1 fully saturated rings. The lowest BCUT2D eigenvalue weighted by Crippen LogP contribution is -2.59. The van der Waals surface area contributed by atoms with E-state index in [-0.39, 0.29) is 19.3 Å². The largest absolute Gasteiger partial charge is 0.485 e. The molecule has 6 atom stereocenters. The van der Waals surface area contributed by atoms with Crippen LogP contribution in [0.15, 0.2) is 10.8 Å². The van der Waals surface area contributed by atoms with Gasteiger partial charge in [0, 0.05) is 10.8 Å². The zero-order valence-corrected chi connectivity index (χ0v) is 17.9. The van der Waals surface area contributed by atoms with E-state index in [0.29, 0.717) is 39.6 Å². The van der Waals surface area contributed by atoms with Crippen molar-refractivity contribution in [3.63, 3.8) is 0 Å². The van der Waals surface area contributed by atoms with Gasteiger partial charge in [0.2, 0.25) is 0 Å². The molecule has 178 valence electrons. The molecule has 11 nitrogen and oxygen atoms in total. The van der Waals surface area contributed by atoms with Crippen molar-refractivity contribution in [1.82, 2.24) is 0 Å². The number of aliphatic hydroxyl groups is 4. The van der Waals surface area contributed by atoms with E-state index in [4.69, 9.17) is 38.3 Å². The number of aliphatic hydroxyl groups excluding tert-OH is 4. The van der Waals surface area contributed by atoms with Gasteiger partial charge in [0.25, 0.3) is 0 Å². The molecule has 1 unspecified atom stereocenters. The molecule has 0 radical (unpaired) electrons. The lowest BCUT2D eigenvalue weighted by molar-refractivity contribution is -0.302. The first kappa shape index (κ1) is 24.6. The Morgan fingerprint density at radius 3 is 2.29 bits per heavy atom. The molecule has 0 aliphatic carbocycles. The molecule has 1 aromatic rings. The molecule has 2 aliphatic rings. The van der Waals surface area contributed by atoms with Gasteiger partial charge in [0.1, 0.15) is 31.0 Å². The van der Waals surface area contributed by atoms with Crippen LogP contribution in [0, 0.1) is 0 Å². The van der Waals surface area contributed by atoms with Crippen molar-refractivity contribution in [2.45, 2.75) is 36.8 Å². The van der Waals surface area contributed by atoms with Gasteiger partial charge >= 0.3 is 0 Å². The second-order valence-electron chi connectivity index (χ2n) is 7.02. The maximum Gasteiger partial charge on any atom is 0.186 e. The van der Waals surface area contributed by atoms with E-state index in [2.05, 4.69) is 0 Å². The van der Waals surface area contributed by atoms with Crippen LogP contribution < -0.4 is 9.47 Å². The topological polar surface area (TPSA) is 146 Å². The third-order valence-corrected chi connectivity index (χ3v) is 5.42. The average molecular weight is 467 g/mol. The third-order valence-electron chi connectivity index (χ3n) is 4.72. The number of thiophene rings is 1. The lowest BCUT2D eigenvalue weighted by atomic mass is 9.99. The van der Waals surface area contributed by atoms with Crippen molar-refractivity contribution in [3.8, 4) is 11.5 Å². The van der Waals surface area contributed by atoms with E-state index in [1.807, 2.05) is 10.8 Å². The summed E-state index contributed by atoms with van der Waals surface area (Å²) in [5.41, 5.74) is 0. The summed E-state index contributed by atoms with van der Waals surface area (Å²) in [5, 5.41) is 42.2. The summed E-state index contributed by atoms with van der Waals surface area (Å²) in [5.74, 6) is 1.54. The van der Waals surface area contributed by atoms with Gasteiger partial charge in [-0.1, -0.05) is 0 Å². The van der Waals surface area contributed by atoms with E-state index >= 15 is 0 Å². The van der Waals surface area contributed by atoms with Gasteiger partial charge in [-0.2, -0.15) is 0 Å². The van der Waals surface area contributed by atoms with Crippen molar-refractivity contribution in [1.29, 1.82) is 0 Å². The molecule has 0 spiro atoms. The van der Waals surface area contributed by atoms with Crippen molar-refractivity contribution in [2.75, 3.05) is 59.5 Å². The van der Waals surface area contributed by atoms with Crippen LogP contribution in [-0.4, -0.2) is 117 Å². The summed E-state index contributed by atoms with van der Waals surface area (Å²) in [7, 11) is 0. The molecule has 0 saturated carbocycles. The van der Waals surface area contributed by atoms with Crippen molar-refractivity contribution >= 4 is 11.3 Å². The summed E-state index contributed by atoms with van der Waals surface area (Å²) < 4.78 is 38.2. The first-order valence-electron chi connectivity index (χ1n) is 10.1. The van der Waals surface area contributed by atoms with Crippen molar-refractivity contribution in [3.05, 3.63) is 10.8 Å². The van der Waals surface area contributed by atoms with Crippen LogP contribution in [0.1, 0.15) is 0 Å². The minimum atomic E-state index is -1.46. The first-order chi connectivity index (χ1) is 15.1. The van der Waals surface area contributed by atoms with Crippen LogP contribution in [0.3, 0.4) is 0 Å². The summed E-state index contributed by atoms with van der Waals surface area (Å²) in [6, 6.07) is 0. The Hall–Kier alpha value is -1.06. The second-order valence-corrected chi connectivity index (χ2v) is 7.76. The van der Waals surface area contributed by atoms with Crippen LogP contribution in [-0.2, 0) is 23.7 Å². The fourth-order valence-corrected chi connectivity index (χ4v) is 3.70. The number of hydrogen-bond donors (Lipinski definition) is 4. The van der Waals surface area contributed by atoms with Crippen LogP contribution in [0.4, 0.5) is 0 Å². The van der Waals surface area contributed by atoms with Crippen LogP contribution >= 0.6 is 11.3 Å². The highest BCUT2D eigenvalue weighted by Crippen LogP contribution is 2.35. The summed E-state index contributed by atoms with van der Waals surface area (Å²) >= 11 is 1.53. The SMILES string of the molecule is OC[C@H]1O[C@H](OCCOCCOCCOCC2COc3cscc3O2)[C@@H](O)[C@@H](O)[C@@H]1O. The van der Waals surface area contributed by atoms with Gasteiger partial charge in [0.05, 0.1) is 52.9 Å². The molecule has 0 aromatic carbocycles. The van der Waals surface area contributed by atoms with Gasteiger partial charge in [0.15, 0.2) is 23.9 Å². The zero-order chi connectivity index (χ0) is 22.1. The van der Waals surface area contributed by atoms with E-state index in [1.165, 1.54) is 11.3 Å². The fraction of sp³-hybridized carbons (Fsp3) is 0.789. The van der Waals surface area contributed by atoms with E-state index in [0.717, 1.165) is 11.5 Å². The number of rotatable bonds is 13. The molecule has 0 amide bonds. The second kappa shape index (κ2) is 12.8. The Labute approximate surface area is 184 Å². The van der Waals surface area contributed by atoms with Crippen molar-refractivity contribution in [2.24, 2.45) is 0 Å². The number of hydrogen-bond acceptors (Lipinski definition) is 12. The van der Waals surface area contributed by atoms with Gasteiger partial charge in [-0.15, -0.1) is 11.3 Å². The predicted molar refractivity (Wildman–Crippen MR) is 106 cm³/mol. The molecule has 4 N–H and O–H groups in total. The van der Waals surface area contributed by atoms with Crippen LogP contribution in [0.25, 0.3) is 0 Å². The standard InChI is InChI=1S/C19H30O11S/c20-7-13-16(21)17(22)18(23)19(30-13)27-6-5-25-2-1-24-3-4-26-8-12-9-28-14-10-31-11-15(14)29-12/h10-13,16-23H,1-9H2/t12?,13-,16-,17+,18+,19+/m1/s1. The maximum atomic E-state index is 9.85. The molecule has 3 heterocycles. The maximum absolute atomic E-state index is 9.85. The van der Waals surface area contributed by atoms with Crippen LogP contribution in [0.5, 0.6) is 11.5 Å². The van der Waals surface area contributed by atoms with E-state index < -0.39 is 37.3 Å². The lowest BCUT2D eigenvalue weighted by Gasteiger charge is -2.39. The first-order valence-corrected chi connectivity index (χ1v) is 11.1. The Morgan fingerprint density at radius 2 is 1.55 bits per heavy atom. The van der Waals surface area contributed by atoms with Gasteiger partial charge in [-0.3, -0.25) is 0 Å². The number of ether oxygens (including phenoxy) is 7. The van der Waals surface area contributed by atoms with Crippen molar-refractivity contribution < 1.29 is 53.6 Å². The third kappa shape index (κ3) is 7.22. The molecule has 1 aromatic heterocycles. The normalized spacial score (nSPS) is 30.5. The average Bonchev–Trinajstić information content (AvgIpc) is 3.25. The summed E-state index contributed by atoms with van der Waals surface area (Å²) in [4.78, 5) is 0. The Balaban J connectivity index is 1.13. The molecule has 2 aliphatic heterocycles. The highest BCUT2D eigenvalue weighted by molar-refractivity contribution is 7.08. The van der Waals surface area contributed by atoms with E-state index in [9.17, 15) is 15.3 Å². The molecule has 1 saturated heterocycles. The molecular formula is C19H30O11S. The summed E-state index contributed by atoms with van der Waals surface area (Å²) in [6.45, 7) is 2.27. The fourth-order valence-electron chi connectivity index (χ4n) is 3.03. The molecule has 0 bridgehead atoms.